The molecule has 0 bridgehead atoms. The van der Waals surface area contributed by atoms with Crippen LogP contribution < -0.4 is 11.3 Å². The van der Waals surface area contributed by atoms with Crippen molar-refractivity contribution in [2.45, 2.75) is 26.8 Å². The predicted octanol–water partition coefficient (Wildman–Crippen LogP) is 1.86. The number of aromatic nitrogens is 1. The van der Waals surface area contributed by atoms with E-state index in [4.69, 9.17) is 5.84 Å². The highest BCUT2D eigenvalue weighted by Crippen LogP contribution is 2.17. The van der Waals surface area contributed by atoms with Crippen molar-refractivity contribution in [3.63, 3.8) is 0 Å². The highest BCUT2D eigenvalue weighted by molar-refractivity contribution is 5.28. The van der Waals surface area contributed by atoms with Crippen LogP contribution in [0.25, 0.3) is 0 Å². The van der Waals surface area contributed by atoms with Crippen LogP contribution in [-0.4, -0.2) is 4.98 Å². The SMILES string of the molecule is CC(C)=CC(NN)c1cnccc1C. The Morgan fingerprint density at radius 1 is 1.57 bits per heavy atom. The van der Waals surface area contributed by atoms with Crippen molar-refractivity contribution in [2.75, 3.05) is 0 Å². The molecule has 0 spiro atoms. The number of hydrogen-bond donors (Lipinski definition) is 2. The lowest BCUT2D eigenvalue weighted by molar-refractivity contribution is 0.646. The van der Waals surface area contributed by atoms with Gasteiger partial charge >= 0.3 is 0 Å². The molecule has 0 amide bonds. The largest absolute Gasteiger partial charge is 0.271 e. The quantitative estimate of drug-likeness (QED) is 0.435. The van der Waals surface area contributed by atoms with Crippen molar-refractivity contribution < 1.29 is 0 Å². The molecule has 0 aliphatic carbocycles. The molecule has 0 fully saturated rings. The molecule has 1 aromatic rings. The van der Waals surface area contributed by atoms with Crippen LogP contribution in [0.2, 0.25) is 0 Å². The molecule has 1 rings (SSSR count). The molecule has 3 heteroatoms. The van der Waals surface area contributed by atoms with E-state index >= 15 is 0 Å². The molecule has 0 aromatic carbocycles. The maximum atomic E-state index is 5.50. The number of rotatable bonds is 3. The number of nitrogens with two attached hydrogens (primary N) is 1. The first-order valence-electron chi connectivity index (χ1n) is 4.67. The minimum atomic E-state index is 0.0497. The topological polar surface area (TPSA) is 50.9 Å². The molecule has 1 heterocycles. The first-order chi connectivity index (χ1) is 6.65. The molecule has 0 aliphatic rings. The van der Waals surface area contributed by atoms with E-state index in [1.807, 2.05) is 12.3 Å². The molecule has 1 aromatic heterocycles. The average molecular weight is 191 g/mol. The van der Waals surface area contributed by atoms with E-state index < -0.39 is 0 Å². The van der Waals surface area contributed by atoms with E-state index in [0.717, 1.165) is 5.56 Å². The summed E-state index contributed by atoms with van der Waals surface area (Å²) in [6.45, 7) is 6.16. The van der Waals surface area contributed by atoms with Crippen LogP contribution in [0.15, 0.2) is 30.1 Å². The number of nitrogens with zero attached hydrogens (tertiary/aromatic N) is 1. The summed E-state index contributed by atoms with van der Waals surface area (Å²) in [5.41, 5.74) is 6.32. The summed E-state index contributed by atoms with van der Waals surface area (Å²) in [4.78, 5) is 4.10. The lowest BCUT2D eigenvalue weighted by atomic mass is 10.0. The standard InChI is InChI=1S/C11H17N3/c1-8(2)6-11(14-12)10-7-13-5-4-9(10)3/h4-7,11,14H,12H2,1-3H3. The minimum absolute atomic E-state index is 0.0497. The van der Waals surface area contributed by atoms with Crippen LogP contribution in [-0.2, 0) is 0 Å². The molecule has 0 saturated carbocycles. The van der Waals surface area contributed by atoms with E-state index in [-0.39, 0.29) is 6.04 Å². The fourth-order valence-electron chi connectivity index (χ4n) is 1.36. The number of nitrogens with one attached hydrogen (secondary N) is 1. The van der Waals surface area contributed by atoms with Crippen LogP contribution in [0.5, 0.6) is 0 Å². The van der Waals surface area contributed by atoms with E-state index in [2.05, 4.69) is 37.3 Å². The molecule has 14 heavy (non-hydrogen) atoms. The van der Waals surface area contributed by atoms with Crippen molar-refractivity contribution in [3.05, 3.63) is 41.2 Å². The molecular formula is C11H17N3. The van der Waals surface area contributed by atoms with E-state index in [9.17, 15) is 0 Å². The van der Waals surface area contributed by atoms with Crippen LogP contribution in [0.3, 0.4) is 0 Å². The summed E-state index contributed by atoms with van der Waals surface area (Å²) in [5.74, 6) is 5.50. The fourth-order valence-corrected chi connectivity index (χ4v) is 1.36. The van der Waals surface area contributed by atoms with Gasteiger partial charge in [-0.1, -0.05) is 11.6 Å². The first kappa shape index (κ1) is 10.9. The molecule has 0 saturated heterocycles. The van der Waals surface area contributed by atoms with Gasteiger partial charge in [-0.3, -0.25) is 10.8 Å². The smallest absolute Gasteiger partial charge is 0.0660 e. The normalized spacial score (nSPS) is 12.3. The summed E-state index contributed by atoms with van der Waals surface area (Å²) in [6.07, 6.45) is 5.72. The number of aryl methyl sites for hydroxylation is 1. The van der Waals surface area contributed by atoms with Gasteiger partial charge in [-0.15, -0.1) is 0 Å². The summed E-state index contributed by atoms with van der Waals surface area (Å²) < 4.78 is 0. The molecule has 1 atom stereocenters. The van der Waals surface area contributed by atoms with Gasteiger partial charge in [0.15, 0.2) is 0 Å². The molecule has 1 unspecified atom stereocenters. The third-order valence-corrected chi connectivity index (χ3v) is 2.09. The zero-order valence-electron chi connectivity index (χ0n) is 8.91. The summed E-state index contributed by atoms with van der Waals surface area (Å²) >= 11 is 0. The number of pyridine rings is 1. The summed E-state index contributed by atoms with van der Waals surface area (Å²) in [5, 5.41) is 0. The zero-order chi connectivity index (χ0) is 10.6. The van der Waals surface area contributed by atoms with Gasteiger partial charge < -0.3 is 0 Å². The van der Waals surface area contributed by atoms with Gasteiger partial charge in [0.05, 0.1) is 6.04 Å². The van der Waals surface area contributed by atoms with Crippen molar-refractivity contribution in [1.29, 1.82) is 0 Å². The highest BCUT2D eigenvalue weighted by atomic mass is 15.2. The number of allylic oxidation sites excluding steroid dienone is 1. The third kappa shape index (κ3) is 2.65. The number of hydrazine groups is 1. The van der Waals surface area contributed by atoms with Crippen LogP contribution in [0.4, 0.5) is 0 Å². The first-order valence-corrected chi connectivity index (χ1v) is 4.67. The van der Waals surface area contributed by atoms with E-state index in [1.165, 1.54) is 11.1 Å². The molecule has 0 radical (unpaired) electrons. The lowest BCUT2D eigenvalue weighted by Crippen LogP contribution is -2.27. The molecular weight excluding hydrogens is 174 g/mol. The van der Waals surface area contributed by atoms with Crippen LogP contribution in [0.1, 0.15) is 31.0 Å². The minimum Gasteiger partial charge on any atom is -0.271 e. The van der Waals surface area contributed by atoms with Gasteiger partial charge in [-0.2, -0.15) is 0 Å². The van der Waals surface area contributed by atoms with Crippen LogP contribution in [0, 0.1) is 6.92 Å². The Labute approximate surface area is 85.0 Å². The Kier molecular flexibility index (Phi) is 3.80. The van der Waals surface area contributed by atoms with Crippen molar-refractivity contribution in [1.82, 2.24) is 10.4 Å². The maximum absolute atomic E-state index is 5.50. The van der Waals surface area contributed by atoms with Gasteiger partial charge in [-0.05, 0) is 38.0 Å². The van der Waals surface area contributed by atoms with Crippen LogP contribution >= 0.6 is 0 Å². The second-order valence-corrected chi connectivity index (χ2v) is 3.62. The third-order valence-electron chi connectivity index (χ3n) is 2.09. The average Bonchev–Trinajstić information content (AvgIpc) is 2.15. The van der Waals surface area contributed by atoms with Gasteiger partial charge in [0.1, 0.15) is 0 Å². The fraction of sp³-hybridized carbons (Fsp3) is 0.364. The maximum Gasteiger partial charge on any atom is 0.0660 e. The molecule has 76 valence electrons. The monoisotopic (exact) mass is 191 g/mol. The molecule has 3 nitrogen and oxygen atoms in total. The Bertz CT molecular complexity index is 327. The molecule has 0 aliphatic heterocycles. The zero-order valence-corrected chi connectivity index (χ0v) is 8.91. The van der Waals surface area contributed by atoms with Gasteiger partial charge in [0.25, 0.3) is 0 Å². The second kappa shape index (κ2) is 4.88. The van der Waals surface area contributed by atoms with Crippen molar-refractivity contribution >= 4 is 0 Å². The summed E-state index contributed by atoms with van der Waals surface area (Å²) in [6, 6.07) is 2.03. The van der Waals surface area contributed by atoms with Crippen molar-refractivity contribution in [2.24, 2.45) is 5.84 Å². The van der Waals surface area contributed by atoms with Gasteiger partial charge in [0, 0.05) is 12.4 Å². The summed E-state index contributed by atoms with van der Waals surface area (Å²) in [7, 11) is 0. The van der Waals surface area contributed by atoms with Gasteiger partial charge in [0.2, 0.25) is 0 Å². The van der Waals surface area contributed by atoms with Gasteiger partial charge in [-0.25, -0.2) is 5.43 Å². The Hall–Kier alpha value is -1.19. The Morgan fingerprint density at radius 2 is 2.29 bits per heavy atom. The lowest BCUT2D eigenvalue weighted by Gasteiger charge is -2.14. The van der Waals surface area contributed by atoms with E-state index in [0.29, 0.717) is 0 Å². The predicted molar refractivity (Wildman–Crippen MR) is 58.5 cm³/mol. The number of hydrogen-bond acceptors (Lipinski definition) is 3. The Morgan fingerprint density at radius 3 is 2.79 bits per heavy atom. The van der Waals surface area contributed by atoms with E-state index in [1.54, 1.807) is 6.20 Å². The highest BCUT2D eigenvalue weighted by Gasteiger charge is 2.08. The van der Waals surface area contributed by atoms with Crippen molar-refractivity contribution in [3.8, 4) is 0 Å². The molecule has 3 N–H and O–H groups in total. The Balaban J connectivity index is 3.01. The second-order valence-electron chi connectivity index (χ2n) is 3.62.